The van der Waals surface area contributed by atoms with Crippen LogP contribution in [-0.2, 0) is 6.54 Å². The molecule has 0 fully saturated rings. The van der Waals surface area contributed by atoms with Gasteiger partial charge in [0.2, 0.25) is 0 Å². The van der Waals surface area contributed by atoms with Gasteiger partial charge < -0.3 is 5.32 Å². The van der Waals surface area contributed by atoms with E-state index in [0.717, 1.165) is 18.7 Å². The largest absolute Gasteiger partial charge is 0.347 e. The van der Waals surface area contributed by atoms with Gasteiger partial charge in [-0.25, -0.2) is 0 Å². The Hall–Kier alpha value is -0.650. The van der Waals surface area contributed by atoms with Crippen molar-refractivity contribution in [3.63, 3.8) is 0 Å². The molecule has 0 atom stereocenters. The zero-order valence-electron chi connectivity index (χ0n) is 9.67. The van der Waals surface area contributed by atoms with E-state index in [1.807, 2.05) is 37.3 Å². The molecule has 2 rings (SSSR count). The van der Waals surface area contributed by atoms with Crippen LogP contribution in [0, 0.1) is 6.92 Å². The molecule has 0 saturated heterocycles. The molecule has 2 aromatic rings. The third-order valence-electron chi connectivity index (χ3n) is 2.42. The maximum atomic E-state index is 12.0. The standard InChI is InChI=1S/C13H11Br2NOS/c1-8-2-4-11(14)10(6-8)13(17)16-7-9-3-5-12(15)18-9/h2-6H,7H2,1H3,(H,16,17). The number of benzene rings is 1. The summed E-state index contributed by atoms with van der Waals surface area (Å²) in [5, 5.41) is 2.92. The number of rotatable bonds is 3. The second-order valence-electron chi connectivity index (χ2n) is 3.87. The minimum Gasteiger partial charge on any atom is -0.347 e. The van der Waals surface area contributed by atoms with E-state index in [0.29, 0.717) is 12.1 Å². The fourth-order valence-electron chi connectivity index (χ4n) is 1.52. The van der Waals surface area contributed by atoms with Crippen LogP contribution in [0.1, 0.15) is 20.8 Å². The van der Waals surface area contributed by atoms with Crippen molar-refractivity contribution in [1.82, 2.24) is 5.32 Å². The third-order valence-corrected chi connectivity index (χ3v) is 4.73. The lowest BCUT2D eigenvalue weighted by Gasteiger charge is -2.06. The molecule has 1 heterocycles. The maximum absolute atomic E-state index is 12.0. The number of aryl methyl sites for hydroxylation is 1. The van der Waals surface area contributed by atoms with E-state index < -0.39 is 0 Å². The van der Waals surface area contributed by atoms with Crippen molar-refractivity contribution < 1.29 is 4.79 Å². The summed E-state index contributed by atoms with van der Waals surface area (Å²) < 4.78 is 1.89. The predicted octanol–water partition coefficient (Wildman–Crippen LogP) is 4.51. The number of nitrogens with one attached hydrogen (secondary N) is 1. The first-order valence-corrected chi connectivity index (χ1v) is 7.75. The molecule has 0 radical (unpaired) electrons. The summed E-state index contributed by atoms with van der Waals surface area (Å²) in [5.41, 5.74) is 1.74. The Morgan fingerprint density at radius 3 is 2.72 bits per heavy atom. The van der Waals surface area contributed by atoms with Gasteiger partial charge in [0.1, 0.15) is 0 Å². The first kappa shape index (κ1) is 13.8. The molecule has 5 heteroatoms. The molecule has 0 bridgehead atoms. The first-order valence-electron chi connectivity index (χ1n) is 5.35. The number of hydrogen-bond acceptors (Lipinski definition) is 2. The molecule has 1 aromatic heterocycles. The minimum atomic E-state index is -0.0601. The Labute approximate surface area is 127 Å². The molecular formula is C13H11Br2NOS. The Bertz CT molecular complexity index is 580. The number of halogens is 2. The highest BCUT2D eigenvalue weighted by Gasteiger charge is 2.10. The van der Waals surface area contributed by atoms with Crippen LogP contribution in [-0.4, -0.2) is 5.91 Å². The second kappa shape index (κ2) is 5.99. The monoisotopic (exact) mass is 387 g/mol. The highest BCUT2D eigenvalue weighted by atomic mass is 79.9. The third kappa shape index (κ3) is 3.43. The summed E-state index contributed by atoms with van der Waals surface area (Å²) in [6.45, 7) is 2.52. The van der Waals surface area contributed by atoms with Crippen LogP contribution >= 0.6 is 43.2 Å². The molecule has 1 amide bonds. The molecule has 0 spiro atoms. The van der Waals surface area contributed by atoms with Crippen molar-refractivity contribution in [2.24, 2.45) is 0 Å². The Kier molecular flexibility index (Phi) is 4.59. The van der Waals surface area contributed by atoms with Crippen molar-refractivity contribution in [1.29, 1.82) is 0 Å². The van der Waals surface area contributed by atoms with Crippen LogP contribution in [0.15, 0.2) is 38.6 Å². The van der Waals surface area contributed by atoms with Gasteiger partial charge >= 0.3 is 0 Å². The first-order chi connectivity index (χ1) is 8.56. The number of hydrogen-bond donors (Lipinski definition) is 1. The van der Waals surface area contributed by atoms with E-state index in [1.54, 1.807) is 11.3 Å². The number of carbonyl (C=O) groups excluding carboxylic acids is 1. The van der Waals surface area contributed by atoms with E-state index in [4.69, 9.17) is 0 Å². The molecule has 1 N–H and O–H groups in total. The average Bonchev–Trinajstić information content (AvgIpc) is 2.75. The van der Waals surface area contributed by atoms with Crippen LogP contribution in [0.2, 0.25) is 0 Å². The van der Waals surface area contributed by atoms with Gasteiger partial charge in [0.25, 0.3) is 5.91 Å². The van der Waals surface area contributed by atoms with Gasteiger partial charge in [0.15, 0.2) is 0 Å². The van der Waals surface area contributed by atoms with Gasteiger partial charge in [-0.2, -0.15) is 0 Å². The van der Waals surface area contributed by atoms with Crippen molar-refractivity contribution in [3.05, 3.63) is 54.6 Å². The average molecular weight is 389 g/mol. The molecule has 0 saturated carbocycles. The molecular weight excluding hydrogens is 378 g/mol. The van der Waals surface area contributed by atoms with E-state index in [9.17, 15) is 4.79 Å². The van der Waals surface area contributed by atoms with E-state index in [2.05, 4.69) is 37.2 Å². The molecule has 94 valence electrons. The van der Waals surface area contributed by atoms with Gasteiger partial charge in [-0.05, 0) is 63.0 Å². The van der Waals surface area contributed by atoms with Gasteiger partial charge in [0.05, 0.1) is 15.9 Å². The van der Waals surface area contributed by atoms with Crippen molar-refractivity contribution in [3.8, 4) is 0 Å². The Balaban J connectivity index is 2.05. The number of carbonyl (C=O) groups is 1. The zero-order valence-corrected chi connectivity index (χ0v) is 13.7. The summed E-state index contributed by atoms with van der Waals surface area (Å²) in [6.07, 6.45) is 0. The zero-order chi connectivity index (χ0) is 13.1. The molecule has 0 aliphatic rings. The topological polar surface area (TPSA) is 29.1 Å². The highest BCUT2D eigenvalue weighted by Crippen LogP contribution is 2.22. The van der Waals surface area contributed by atoms with Crippen LogP contribution < -0.4 is 5.32 Å². The highest BCUT2D eigenvalue weighted by molar-refractivity contribution is 9.11. The molecule has 18 heavy (non-hydrogen) atoms. The quantitative estimate of drug-likeness (QED) is 0.823. The SMILES string of the molecule is Cc1ccc(Br)c(C(=O)NCc2ccc(Br)s2)c1. The lowest BCUT2D eigenvalue weighted by atomic mass is 10.1. The molecule has 0 aliphatic carbocycles. The lowest BCUT2D eigenvalue weighted by molar-refractivity contribution is 0.0950. The maximum Gasteiger partial charge on any atom is 0.252 e. The summed E-state index contributed by atoms with van der Waals surface area (Å²) in [7, 11) is 0. The van der Waals surface area contributed by atoms with Gasteiger partial charge in [-0.3, -0.25) is 4.79 Å². The van der Waals surface area contributed by atoms with Crippen molar-refractivity contribution >= 4 is 49.1 Å². The molecule has 2 nitrogen and oxygen atoms in total. The van der Waals surface area contributed by atoms with E-state index in [-0.39, 0.29) is 5.91 Å². The van der Waals surface area contributed by atoms with Gasteiger partial charge in [0, 0.05) is 9.35 Å². The summed E-state index contributed by atoms with van der Waals surface area (Å²) in [4.78, 5) is 13.2. The summed E-state index contributed by atoms with van der Waals surface area (Å²) in [5.74, 6) is -0.0601. The fourth-order valence-corrected chi connectivity index (χ4v) is 3.37. The smallest absolute Gasteiger partial charge is 0.252 e. The van der Waals surface area contributed by atoms with Crippen molar-refractivity contribution in [2.45, 2.75) is 13.5 Å². The molecule has 0 unspecified atom stereocenters. The lowest BCUT2D eigenvalue weighted by Crippen LogP contribution is -2.22. The predicted molar refractivity (Wildman–Crippen MR) is 82.1 cm³/mol. The summed E-state index contributed by atoms with van der Waals surface area (Å²) in [6, 6.07) is 9.72. The Morgan fingerprint density at radius 1 is 1.28 bits per heavy atom. The fraction of sp³-hybridized carbons (Fsp3) is 0.154. The summed E-state index contributed by atoms with van der Waals surface area (Å²) >= 11 is 8.42. The number of amides is 1. The van der Waals surface area contributed by atoms with Crippen LogP contribution in [0.25, 0.3) is 0 Å². The van der Waals surface area contributed by atoms with Crippen LogP contribution in [0.3, 0.4) is 0 Å². The Morgan fingerprint density at radius 2 is 2.06 bits per heavy atom. The second-order valence-corrected chi connectivity index (χ2v) is 7.27. The molecule has 1 aromatic carbocycles. The van der Waals surface area contributed by atoms with Crippen LogP contribution in [0.5, 0.6) is 0 Å². The van der Waals surface area contributed by atoms with Gasteiger partial charge in [-0.1, -0.05) is 11.6 Å². The van der Waals surface area contributed by atoms with Crippen LogP contribution in [0.4, 0.5) is 0 Å². The van der Waals surface area contributed by atoms with E-state index in [1.165, 1.54) is 0 Å². The normalized spacial score (nSPS) is 10.4. The van der Waals surface area contributed by atoms with Gasteiger partial charge in [-0.15, -0.1) is 11.3 Å². The number of thiophene rings is 1. The van der Waals surface area contributed by atoms with E-state index >= 15 is 0 Å². The minimum absolute atomic E-state index is 0.0601. The van der Waals surface area contributed by atoms with Crippen molar-refractivity contribution in [2.75, 3.05) is 0 Å². The molecule has 0 aliphatic heterocycles.